The van der Waals surface area contributed by atoms with E-state index in [1.54, 1.807) is 11.8 Å². The molecule has 0 spiro atoms. The van der Waals surface area contributed by atoms with E-state index in [0.29, 0.717) is 12.3 Å². The molecule has 0 aromatic heterocycles. The lowest BCUT2D eigenvalue weighted by molar-refractivity contribution is -0.118. The van der Waals surface area contributed by atoms with Crippen molar-refractivity contribution in [1.82, 2.24) is 10.2 Å². The summed E-state index contributed by atoms with van der Waals surface area (Å²) in [5, 5.41) is 3.03. The lowest BCUT2D eigenvalue weighted by Gasteiger charge is -2.26. The van der Waals surface area contributed by atoms with Gasteiger partial charge in [-0.25, -0.2) is 0 Å². The zero-order valence-corrected chi connectivity index (χ0v) is 17.1. The van der Waals surface area contributed by atoms with Crippen molar-refractivity contribution in [3.63, 3.8) is 0 Å². The maximum absolute atomic E-state index is 12.1. The van der Waals surface area contributed by atoms with Gasteiger partial charge in [0.1, 0.15) is 0 Å². The summed E-state index contributed by atoms with van der Waals surface area (Å²) < 4.78 is 0. The van der Waals surface area contributed by atoms with Crippen LogP contribution in [0.15, 0.2) is 48.5 Å². The van der Waals surface area contributed by atoms with Gasteiger partial charge < -0.3 is 5.32 Å². The molecule has 1 saturated heterocycles. The number of hydrogen-bond donors (Lipinski definition) is 1. The predicted molar refractivity (Wildman–Crippen MR) is 115 cm³/mol. The number of hydrogen-bond acceptors (Lipinski definition) is 3. The number of benzene rings is 2. The zero-order chi connectivity index (χ0) is 18.9. The summed E-state index contributed by atoms with van der Waals surface area (Å²) in [5.74, 6) is 1.48. The molecule has 1 heterocycles. The number of amides is 1. The van der Waals surface area contributed by atoms with E-state index in [-0.39, 0.29) is 5.91 Å². The van der Waals surface area contributed by atoms with E-state index in [2.05, 4.69) is 65.7 Å². The largest absolute Gasteiger partial charge is 0.351 e. The number of aryl methyl sites for hydroxylation is 1. The first-order valence-corrected chi connectivity index (χ1v) is 11.0. The third kappa shape index (κ3) is 7.04. The molecule has 0 radical (unpaired) electrons. The molecular formula is C23H30N2OS. The summed E-state index contributed by atoms with van der Waals surface area (Å²) >= 11 is 1.66. The van der Waals surface area contributed by atoms with Crippen molar-refractivity contribution in [3.05, 3.63) is 70.8 Å². The highest BCUT2D eigenvalue weighted by Gasteiger charge is 2.10. The van der Waals surface area contributed by atoms with E-state index in [4.69, 9.17) is 0 Å². The van der Waals surface area contributed by atoms with Crippen LogP contribution in [0, 0.1) is 6.92 Å². The Bertz CT molecular complexity index is 723. The third-order valence-corrected chi connectivity index (χ3v) is 5.96. The zero-order valence-electron chi connectivity index (χ0n) is 16.2. The first kappa shape index (κ1) is 20.0. The Kier molecular flexibility index (Phi) is 7.79. The Labute approximate surface area is 167 Å². The number of nitrogens with one attached hydrogen (secondary N) is 1. The Hall–Kier alpha value is -1.78. The van der Waals surface area contributed by atoms with Crippen LogP contribution in [0.5, 0.6) is 0 Å². The van der Waals surface area contributed by atoms with Crippen LogP contribution in [0.25, 0.3) is 0 Å². The van der Waals surface area contributed by atoms with Crippen molar-refractivity contribution in [3.8, 4) is 0 Å². The number of nitrogens with zero attached hydrogens (tertiary/aromatic N) is 1. The lowest BCUT2D eigenvalue weighted by Crippen LogP contribution is -2.29. The average Bonchev–Trinajstić information content (AvgIpc) is 2.68. The number of carbonyl (C=O) groups is 1. The molecule has 0 atom stereocenters. The summed E-state index contributed by atoms with van der Waals surface area (Å²) in [5.41, 5.74) is 5.06. The maximum Gasteiger partial charge on any atom is 0.230 e. The Morgan fingerprint density at radius 1 is 1.00 bits per heavy atom. The monoisotopic (exact) mass is 382 g/mol. The van der Waals surface area contributed by atoms with Gasteiger partial charge in [-0.05, 0) is 49.5 Å². The molecule has 0 saturated carbocycles. The molecule has 1 amide bonds. The van der Waals surface area contributed by atoms with Gasteiger partial charge in [0.2, 0.25) is 5.91 Å². The van der Waals surface area contributed by atoms with Crippen molar-refractivity contribution < 1.29 is 4.79 Å². The van der Waals surface area contributed by atoms with Gasteiger partial charge in [0.15, 0.2) is 0 Å². The van der Waals surface area contributed by atoms with E-state index in [9.17, 15) is 4.79 Å². The van der Waals surface area contributed by atoms with Gasteiger partial charge in [-0.2, -0.15) is 0 Å². The molecule has 2 aromatic carbocycles. The van der Waals surface area contributed by atoms with Crippen LogP contribution in [0.4, 0.5) is 0 Å². The standard InChI is InChI=1S/C23H30N2OS/c1-19-6-5-7-22(14-19)17-27-18-23(26)24-15-20-8-10-21(11-9-20)16-25-12-3-2-4-13-25/h5-11,14H,2-4,12-13,15-18H2,1H3,(H,24,26). The van der Waals surface area contributed by atoms with Crippen LogP contribution < -0.4 is 5.32 Å². The number of rotatable bonds is 8. The van der Waals surface area contributed by atoms with Gasteiger partial charge in [-0.1, -0.05) is 60.5 Å². The summed E-state index contributed by atoms with van der Waals surface area (Å²) in [4.78, 5) is 14.6. The third-order valence-electron chi connectivity index (χ3n) is 4.95. The van der Waals surface area contributed by atoms with Crippen LogP contribution >= 0.6 is 11.8 Å². The summed E-state index contributed by atoms with van der Waals surface area (Å²) in [6.07, 6.45) is 4.02. The molecule has 27 heavy (non-hydrogen) atoms. The first-order chi connectivity index (χ1) is 13.2. The SMILES string of the molecule is Cc1cccc(CSCC(=O)NCc2ccc(CN3CCCCC3)cc2)c1. The molecular weight excluding hydrogens is 352 g/mol. The quantitative estimate of drug-likeness (QED) is 0.728. The summed E-state index contributed by atoms with van der Waals surface area (Å²) in [6, 6.07) is 17.1. The molecule has 1 fully saturated rings. The minimum absolute atomic E-state index is 0.102. The predicted octanol–water partition coefficient (Wildman–Crippen LogP) is 4.53. The van der Waals surface area contributed by atoms with E-state index in [1.165, 1.54) is 49.0 Å². The Morgan fingerprint density at radius 3 is 2.48 bits per heavy atom. The fourth-order valence-corrected chi connectivity index (χ4v) is 4.26. The van der Waals surface area contributed by atoms with Crippen LogP contribution in [0.3, 0.4) is 0 Å². The molecule has 3 rings (SSSR count). The van der Waals surface area contributed by atoms with Gasteiger partial charge >= 0.3 is 0 Å². The van der Waals surface area contributed by atoms with Crippen LogP contribution in [-0.4, -0.2) is 29.6 Å². The minimum atomic E-state index is 0.102. The van der Waals surface area contributed by atoms with E-state index >= 15 is 0 Å². The second-order valence-corrected chi connectivity index (χ2v) is 8.40. The molecule has 144 valence electrons. The number of carbonyl (C=O) groups excluding carboxylic acids is 1. The smallest absolute Gasteiger partial charge is 0.230 e. The fourth-order valence-electron chi connectivity index (χ4n) is 3.45. The molecule has 4 heteroatoms. The maximum atomic E-state index is 12.1. The number of piperidine rings is 1. The van der Waals surface area contributed by atoms with E-state index in [0.717, 1.165) is 17.9 Å². The van der Waals surface area contributed by atoms with Crippen LogP contribution in [0.2, 0.25) is 0 Å². The average molecular weight is 383 g/mol. The molecule has 3 nitrogen and oxygen atoms in total. The topological polar surface area (TPSA) is 32.3 Å². The van der Waals surface area contributed by atoms with E-state index in [1.807, 2.05) is 0 Å². The van der Waals surface area contributed by atoms with Gasteiger partial charge in [0.25, 0.3) is 0 Å². The molecule has 2 aromatic rings. The normalized spacial score (nSPS) is 14.9. The van der Waals surface area contributed by atoms with Crippen molar-refractivity contribution in [2.45, 2.75) is 45.0 Å². The Morgan fingerprint density at radius 2 is 1.74 bits per heavy atom. The lowest BCUT2D eigenvalue weighted by atomic mass is 10.1. The first-order valence-electron chi connectivity index (χ1n) is 9.89. The summed E-state index contributed by atoms with van der Waals surface area (Å²) in [6.45, 7) is 6.19. The molecule has 0 aliphatic carbocycles. The van der Waals surface area contributed by atoms with Crippen molar-refractivity contribution in [2.24, 2.45) is 0 Å². The fraction of sp³-hybridized carbons (Fsp3) is 0.435. The van der Waals surface area contributed by atoms with Gasteiger partial charge in [-0.15, -0.1) is 11.8 Å². The highest BCUT2D eigenvalue weighted by molar-refractivity contribution is 7.99. The van der Waals surface area contributed by atoms with Crippen LogP contribution in [-0.2, 0) is 23.6 Å². The molecule has 1 N–H and O–H groups in total. The number of thioether (sulfide) groups is 1. The van der Waals surface area contributed by atoms with Crippen LogP contribution in [0.1, 0.15) is 41.5 Å². The molecule has 1 aliphatic rings. The van der Waals surface area contributed by atoms with Crippen molar-refractivity contribution >= 4 is 17.7 Å². The molecule has 1 aliphatic heterocycles. The molecule has 0 unspecified atom stereocenters. The highest BCUT2D eigenvalue weighted by atomic mass is 32.2. The second-order valence-electron chi connectivity index (χ2n) is 7.41. The van der Waals surface area contributed by atoms with E-state index < -0.39 is 0 Å². The van der Waals surface area contributed by atoms with Gasteiger partial charge in [0.05, 0.1) is 5.75 Å². The van der Waals surface area contributed by atoms with Crippen molar-refractivity contribution in [2.75, 3.05) is 18.8 Å². The number of likely N-dealkylation sites (tertiary alicyclic amines) is 1. The van der Waals surface area contributed by atoms with Gasteiger partial charge in [0, 0.05) is 18.8 Å². The summed E-state index contributed by atoms with van der Waals surface area (Å²) in [7, 11) is 0. The highest BCUT2D eigenvalue weighted by Crippen LogP contribution is 2.15. The minimum Gasteiger partial charge on any atom is -0.351 e. The molecule has 0 bridgehead atoms. The van der Waals surface area contributed by atoms with Gasteiger partial charge in [-0.3, -0.25) is 9.69 Å². The Balaban J connectivity index is 1.35. The second kappa shape index (κ2) is 10.5. The van der Waals surface area contributed by atoms with Crippen molar-refractivity contribution in [1.29, 1.82) is 0 Å².